The zero-order valence-corrected chi connectivity index (χ0v) is 10.6. The van der Waals surface area contributed by atoms with Gasteiger partial charge < -0.3 is 4.90 Å². The molecule has 0 unspecified atom stereocenters. The van der Waals surface area contributed by atoms with Gasteiger partial charge in [-0.1, -0.05) is 6.92 Å². The van der Waals surface area contributed by atoms with Crippen LogP contribution in [-0.2, 0) is 0 Å². The summed E-state index contributed by atoms with van der Waals surface area (Å²) in [5.41, 5.74) is 1.16. The molecule has 0 aliphatic carbocycles. The second-order valence-corrected chi connectivity index (χ2v) is 4.05. The van der Waals surface area contributed by atoms with Crippen molar-refractivity contribution < 1.29 is 4.79 Å². The summed E-state index contributed by atoms with van der Waals surface area (Å²) in [6.45, 7) is 3.27. The summed E-state index contributed by atoms with van der Waals surface area (Å²) in [6, 6.07) is 8.69. The van der Waals surface area contributed by atoms with Gasteiger partial charge in [-0.2, -0.15) is 5.26 Å². The Hall–Kier alpha value is -1.53. The van der Waals surface area contributed by atoms with Crippen LogP contribution >= 0.6 is 11.6 Å². The van der Waals surface area contributed by atoms with Gasteiger partial charge >= 0.3 is 0 Å². The SMILES string of the molecule is CCCN(CCCl)C(=O)c1ccc(C#N)cc1. The van der Waals surface area contributed by atoms with Crippen LogP contribution in [0, 0.1) is 11.3 Å². The highest BCUT2D eigenvalue weighted by Gasteiger charge is 2.13. The van der Waals surface area contributed by atoms with Gasteiger partial charge in [0.25, 0.3) is 5.91 Å². The highest BCUT2D eigenvalue weighted by atomic mass is 35.5. The van der Waals surface area contributed by atoms with Gasteiger partial charge in [0.2, 0.25) is 0 Å². The van der Waals surface area contributed by atoms with E-state index < -0.39 is 0 Å². The first-order chi connectivity index (χ1) is 8.22. The lowest BCUT2D eigenvalue weighted by atomic mass is 10.1. The molecule has 0 saturated carbocycles. The first-order valence-electron chi connectivity index (χ1n) is 5.58. The summed E-state index contributed by atoms with van der Waals surface area (Å²) in [5.74, 6) is 0.402. The summed E-state index contributed by atoms with van der Waals surface area (Å²) in [4.78, 5) is 13.8. The highest BCUT2D eigenvalue weighted by molar-refractivity contribution is 6.18. The molecule has 0 fully saturated rings. The highest BCUT2D eigenvalue weighted by Crippen LogP contribution is 2.08. The molecule has 0 aliphatic heterocycles. The molecule has 17 heavy (non-hydrogen) atoms. The van der Waals surface area contributed by atoms with Crippen LogP contribution in [0.25, 0.3) is 0 Å². The maximum atomic E-state index is 12.1. The molecule has 0 aliphatic rings. The minimum absolute atomic E-state index is 0.0306. The Labute approximate surface area is 107 Å². The molecular formula is C13H15ClN2O. The maximum absolute atomic E-state index is 12.1. The Morgan fingerprint density at radius 3 is 2.47 bits per heavy atom. The van der Waals surface area contributed by atoms with E-state index in [1.54, 1.807) is 29.2 Å². The minimum atomic E-state index is -0.0306. The van der Waals surface area contributed by atoms with Gasteiger partial charge in [-0.25, -0.2) is 0 Å². The molecule has 0 aromatic heterocycles. The molecule has 1 amide bonds. The van der Waals surface area contributed by atoms with Gasteiger partial charge in [0.1, 0.15) is 0 Å². The number of hydrogen-bond acceptors (Lipinski definition) is 2. The number of alkyl halides is 1. The number of amides is 1. The normalized spacial score (nSPS) is 9.71. The van der Waals surface area contributed by atoms with Crippen LogP contribution in [0.15, 0.2) is 24.3 Å². The number of nitrogens with zero attached hydrogens (tertiary/aromatic N) is 2. The number of benzene rings is 1. The van der Waals surface area contributed by atoms with Crippen molar-refractivity contribution in [3.63, 3.8) is 0 Å². The first kappa shape index (κ1) is 13.5. The van der Waals surface area contributed by atoms with Crippen molar-refractivity contribution in [2.45, 2.75) is 13.3 Å². The van der Waals surface area contributed by atoms with Gasteiger partial charge in [0.05, 0.1) is 11.6 Å². The molecule has 1 aromatic rings. The molecule has 0 bridgehead atoms. The van der Waals surface area contributed by atoms with Crippen molar-refractivity contribution in [1.29, 1.82) is 5.26 Å². The lowest BCUT2D eigenvalue weighted by Crippen LogP contribution is -2.33. The fourth-order valence-electron chi connectivity index (χ4n) is 1.56. The number of carbonyl (C=O) groups is 1. The fraction of sp³-hybridized carbons (Fsp3) is 0.385. The standard InChI is InChI=1S/C13H15ClN2O/c1-2-8-16(9-7-14)13(17)12-5-3-11(10-15)4-6-12/h3-6H,2,7-9H2,1H3. The fourth-order valence-corrected chi connectivity index (χ4v) is 1.76. The zero-order chi connectivity index (χ0) is 12.7. The third-order valence-corrected chi connectivity index (χ3v) is 2.57. The predicted molar refractivity (Wildman–Crippen MR) is 68.1 cm³/mol. The van der Waals surface area contributed by atoms with E-state index in [2.05, 4.69) is 0 Å². The van der Waals surface area contributed by atoms with Gasteiger partial charge in [-0.05, 0) is 30.7 Å². The summed E-state index contributed by atoms with van der Waals surface area (Å²) in [6.07, 6.45) is 0.902. The van der Waals surface area contributed by atoms with E-state index in [1.807, 2.05) is 13.0 Å². The molecule has 0 saturated heterocycles. The van der Waals surface area contributed by atoms with Crippen LogP contribution in [0.4, 0.5) is 0 Å². The molecule has 0 atom stereocenters. The van der Waals surface area contributed by atoms with E-state index in [-0.39, 0.29) is 5.91 Å². The van der Waals surface area contributed by atoms with Gasteiger partial charge in [-0.3, -0.25) is 4.79 Å². The van der Waals surface area contributed by atoms with Crippen LogP contribution in [0.2, 0.25) is 0 Å². The average molecular weight is 251 g/mol. The second kappa shape index (κ2) is 6.93. The van der Waals surface area contributed by atoms with Gasteiger partial charge in [0, 0.05) is 24.5 Å². The van der Waals surface area contributed by atoms with E-state index in [1.165, 1.54) is 0 Å². The Kier molecular flexibility index (Phi) is 5.51. The molecule has 1 rings (SSSR count). The number of halogens is 1. The van der Waals surface area contributed by atoms with E-state index in [0.717, 1.165) is 6.42 Å². The second-order valence-electron chi connectivity index (χ2n) is 3.67. The number of nitriles is 1. The van der Waals surface area contributed by atoms with Crippen molar-refractivity contribution in [1.82, 2.24) is 4.90 Å². The third kappa shape index (κ3) is 3.76. The average Bonchev–Trinajstić information content (AvgIpc) is 2.38. The molecule has 0 radical (unpaired) electrons. The first-order valence-corrected chi connectivity index (χ1v) is 6.11. The van der Waals surface area contributed by atoms with Crippen LogP contribution < -0.4 is 0 Å². The number of hydrogen-bond donors (Lipinski definition) is 0. The van der Waals surface area contributed by atoms with E-state index in [0.29, 0.717) is 30.1 Å². The van der Waals surface area contributed by atoms with Crippen LogP contribution in [-0.4, -0.2) is 29.8 Å². The minimum Gasteiger partial charge on any atom is -0.337 e. The van der Waals surface area contributed by atoms with Crippen molar-refractivity contribution in [3.8, 4) is 6.07 Å². The van der Waals surface area contributed by atoms with E-state index >= 15 is 0 Å². The van der Waals surface area contributed by atoms with Crippen molar-refractivity contribution >= 4 is 17.5 Å². The molecule has 3 nitrogen and oxygen atoms in total. The lowest BCUT2D eigenvalue weighted by molar-refractivity contribution is 0.0765. The Balaban J connectivity index is 2.81. The van der Waals surface area contributed by atoms with E-state index in [9.17, 15) is 4.79 Å². The van der Waals surface area contributed by atoms with Crippen molar-refractivity contribution in [3.05, 3.63) is 35.4 Å². The van der Waals surface area contributed by atoms with Crippen molar-refractivity contribution in [2.24, 2.45) is 0 Å². The topological polar surface area (TPSA) is 44.1 Å². The lowest BCUT2D eigenvalue weighted by Gasteiger charge is -2.20. The molecule has 4 heteroatoms. The van der Waals surface area contributed by atoms with Crippen LogP contribution in [0.1, 0.15) is 29.3 Å². The quantitative estimate of drug-likeness (QED) is 0.754. The summed E-state index contributed by atoms with van der Waals surface area (Å²) in [7, 11) is 0. The van der Waals surface area contributed by atoms with E-state index in [4.69, 9.17) is 16.9 Å². The predicted octanol–water partition coefficient (Wildman–Crippen LogP) is 2.65. The Bertz CT molecular complexity index is 402. The monoisotopic (exact) mass is 250 g/mol. The van der Waals surface area contributed by atoms with Gasteiger partial charge in [0.15, 0.2) is 0 Å². The Morgan fingerprint density at radius 1 is 1.35 bits per heavy atom. The summed E-state index contributed by atoms with van der Waals surface area (Å²) >= 11 is 5.67. The molecule has 0 N–H and O–H groups in total. The smallest absolute Gasteiger partial charge is 0.253 e. The van der Waals surface area contributed by atoms with Crippen LogP contribution in [0.5, 0.6) is 0 Å². The van der Waals surface area contributed by atoms with Crippen molar-refractivity contribution in [2.75, 3.05) is 19.0 Å². The molecular weight excluding hydrogens is 236 g/mol. The molecule has 1 aromatic carbocycles. The zero-order valence-electron chi connectivity index (χ0n) is 9.82. The number of rotatable bonds is 5. The maximum Gasteiger partial charge on any atom is 0.253 e. The summed E-state index contributed by atoms with van der Waals surface area (Å²) < 4.78 is 0. The molecule has 0 spiro atoms. The third-order valence-electron chi connectivity index (χ3n) is 2.40. The largest absolute Gasteiger partial charge is 0.337 e. The van der Waals surface area contributed by atoms with Crippen LogP contribution in [0.3, 0.4) is 0 Å². The van der Waals surface area contributed by atoms with Gasteiger partial charge in [-0.15, -0.1) is 11.6 Å². The number of carbonyl (C=O) groups excluding carboxylic acids is 1. The summed E-state index contributed by atoms with van der Waals surface area (Å²) in [5, 5.41) is 8.68. The Morgan fingerprint density at radius 2 is 2.00 bits per heavy atom. The molecule has 90 valence electrons. The molecule has 0 heterocycles.